The Morgan fingerprint density at radius 3 is 2.32 bits per heavy atom. The predicted octanol–water partition coefficient (Wildman–Crippen LogP) is 3.84. The summed E-state index contributed by atoms with van der Waals surface area (Å²) in [7, 11) is 0. The number of amides is 2. The summed E-state index contributed by atoms with van der Waals surface area (Å²) in [4.78, 5) is 37.2. The van der Waals surface area contributed by atoms with Gasteiger partial charge in [-0.15, -0.1) is 0 Å². The minimum Gasteiger partial charge on any atom is -0.481 e. The van der Waals surface area contributed by atoms with Gasteiger partial charge < -0.3 is 20.5 Å². The number of nitrogens with zero attached hydrogens (tertiary/aromatic N) is 1. The molecule has 0 aliphatic heterocycles. The third kappa shape index (κ3) is 5.43. The van der Waals surface area contributed by atoms with Crippen molar-refractivity contribution in [2.24, 2.45) is 0 Å². The average Bonchev–Trinajstić information content (AvgIpc) is 3.39. The first kappa shape index (κ1) is 23.4. The van der Waals surface area contributed by atoms with Crippen LogP contribution >= 0.6 is 11.5 Å². The molecule has 176 valence electrons. The Labute approximate surface area is 201 Å². The molecule has 1 aromatic heterocycles. The van der Waals surface area contributed by atoms with Crippen molar-refractivity contribution in [2.45, 2.75) is 38.3 Å². The third-order valence-corrected chi connectivity index (χ3v) is 6.59. The zero-order valence-electron chi connectivity index (χ0n) is 18.6. The lowest BCUT2D eigenvalue weighted by Gasteiger charge is -2.19. The van der Waals surface area contributed by atoms with Crippen molar-refractivity contribution in [3.05, 3.63) is 76.3 Å². The van der Waals surface area contributed by atoms with E-state index in [9.17, 15) is 14.4 Å². The van der Waals surface area contributed by atoms with Crippen LogP contribution < -0.4 is 10.6 Å². The van der Waals surface area contributed by atoms with Crippen molar-refractivity contribution < 1.29 is 24.2 Å². The molecule has 2 amide bonds. The highest BCUT2D eigenvalue weighted by molar-refractivity contribution is 7.05. The quantitative estimate of drug-likeness (QED) is 0.429. The molecule has 0 radical (unpaired) electrons. The van der Waals surface area contributed by atoms with Crippen LogP contribution in [-0.4, -0.2) is 40.1 Å². The van der Waals surface area contributed by atoms with E-state index in [1.54, 1.807) is 0 Å². The van der Waals surface area contributed by atoms with Gasteiger partial charge in [-0.3, -0.25) is 9.59 Å². The predicted molar refractivity (Wildman–Crippen MR) is 128 cm³/mol. The number of ether oxygens (including phenoxy) is 1. The highest BCUT2D eigenvalue weighted by Gasteiger charge is 2.30. The lowest BCUT2D eigenvalue weighted by molar-refractivity contribution is -0.137. The van der Waals surface area contributed by atoms with Crippen molar-refractivity contribution in [1.29, 1.82) is 0 Å². The van der Waals surface area contributed by atoms with Crippen LogP contribution in [0.4, 0.5) is 4.79 Å². The zero-order chi connectivity index (χ0) is 24.1. The standard InChI is InChI=1S/C25H25N3O5S/c1-15-12-16(34-28-15)13-26-24(31)22(10-11-23(29)30)27-25(32)33-14-21-19-8-4-2-6-17(19)18-7-3-5-9-20(18)21/h2-9,12,21-22H,10-11,13-14H2,1H3,(H,26,31)(H,27,32)(H,29,30). The number of aromatic nitrogens is 1. The molecule has 1 heterocycles. The maximum atomic E-state index is 12.7. The molecule has 1 unspecified atom stereocenters. The average molecular weight is 480 g/mol. The summed E-state index contributed by atoms with van der Waals surface area (Å²) in [5.41, 5.74) is 5.25. The number of nitrogens with one attached hydrogen (secondary N) is 2. The SMILES string of the molecule is Cc1cc(CNC(=O)C(CCC(=O)O)NC(=O)OCC2c3ccccc3-c3ccccc32)sn1. The number of benzene rings is 2. The summed E-state index contributed by atoms with van der Waals surface area (Å²) in [6.07, 6.45) is -1.07. The van der Waals surface area contributed by atoms with E-state index in [1.807, 2.05) is 61.5 Å². The third-order valence-electron chi connectivity index (χ3n) is 5.71. The topological polar surface area (TPSA) is 118 Å². The Bertz CT molecular complexity index is 1160. The van der Waals surface area contributed by atoms with Crippen LogP contribution in [0.3, 0.4) is 0 Å². The number of carbonyl (C=O) groups excluding carboxylic acids is 2. The zero-order valence-corrected chi connectivity index (χ0v) is 19.4. The number of hydrogen-bond acceptors (Lipinski definition) is 6. The van der Waals surface area contributed by atoms with Crippen LogP contribution in [0.15, 0.2) is 54.6 Å². The first-order valence-electron chi connectivity index (χ1n) is 11.0. The van der Waals surface area contributed by atoms with E-state index in [2.05, 4.69) is 15.0 Å². The number of fused-ring (bicyclic) bond motifs is 3. The van der Waals surface area contributed by atoms with Crippen molar-refractivity contribution in [2.75, 3.05) is 6.61 Å². The monoisotopic (exact) mass is 479 g/mol. The second-order valence-corrected chi connectivity index (χ2v) is 9.00. The van der Waals surface area contributed by atoms with Gasteiger partial charge in [0.2, 0.25) is 5.91 Å². The molecule has 9 heteroatoms. The molecule has 1 aliphatic carbocycles. The number of aliphatic carboxylic acids is 1. The summed E-state index contributed by atoms with van der Waals surface area (Å²) in [5.74, 6) is -1.63. The van der Waals surface area contributed by atoms with Crippen LogP contribution in [0.5, 0.6) is 0 Å². The Kier molecular flexibility index (Phi) is 7.22. The first-order valence-corrected chi connectivity index (χ1v) is 11.7. The molecule has 0 saturated heterocycles. The lowest BCUT2D eigenvalue weighted by atomic mass is 9.98. The molecule has 2 aromatic carbocycles. The number of aryl methyl sites for hydroxylation is 1. The fourth-order valence-electron chi connectivity index (χ4n) is 4.12. The van der Waals surface area contributed by atoms with E-state index in [0.717, 1.165) is 32.8 Å². The van der Waals surface area contributed by atoms with Gasteiger partial charge in [0.15, 0.2) is 0 Å². The van der Waals surface area contributed by atoms with Crippen LogP contribution in [-0.2, 0) is 20.9 Å². The molecule has 3 N–H and O–H groups in total. The Balaban J connectivity index is 1.38. The fourth-order valence-corrected chi connectivity index (χ4v) is 4.79. The highest BCUT2D eigenvalue weighted by atomic mass is 32.1. The Hall–Kier alpha value is -3.72. The molecular formula is C25H25N3O5S. The molecule has 0 fully saturated rings. The van der Waals surface area contributed by atoms with Crippen LogP contribution in [0.25, 0.3) is 11.1 Å². The maximum Gasteiger partial charge on any atom is 0.407 e. The smallest absolute Gasteiger partial charge is 0.407 e. The van der Waals surface area contributed by atoms with E-state index >= 15 is 0 Å². The Morgan fingerprint density at radius 1 is 1.09 bits per heavy atom. The molecule has 1 atom stereocenters. The van der Waals surface area contributed by atoms with Gasteiger partial charge in [0, 0.05) is 17.2 Å². The van der Waals surface area contributed by atoms with Gasteiger partial charge in [-0.2, -0.15) is 4.37 Å². The number of hydrogen-bond donors (Lipinski definition) is 3. The van der Waals surface area contributed by atoms with Gasteiger partial charge >= 0.3 is 12.1 Å². The lowest BCUT2D eigenvalue weighted by Crippen LogP contribution is -2.47. The molecule has 0 bridgehead atoms. The summed E-state index contributed by atoms with van der Waals surface area (Å²) in [6.45, 7) is 2.21. The van der Waals surface area contributed by atoms with Gasteiger partial charge in [-0.05, 0) is 53.2 Å². The summed E-state index contributed by atoms with van der Waals surface area (Å²) in [6, 6.07) is 16.8. The van der Waals surface area contributed by atoms with E-state index in [-0.39, 0.29) is 31.9 Å². The summed E-state index contributed by atoms with van der Waals surface area (Å²) < 4.78 is 9.67. The number of rotatable bonds is 9. The van der Waals surface area contributed by atoms with Crippen LogP contribution in [0.1, 0.15) is 40.5 Å². The Morgan fingerprint density at radius 2 is 1.74 bits per heavy atom. The molecule has 34 heavy (non-hydrogen) atoms. The number of carboxylic acids is 1. The molecule has 3 aromatic rings. The number of carboxylic acid groups (broad SMARTS) is 1. The van der Waals surface area contributed by atoms with Crippen LogP contribution in [0.2, 0.25) is 0 Å². The summed E-state index contributed by atoms with van der Waals surface area (Å²) >= 11 is 1.28. The fraction of sp³-hybridized carbons (Fsp3) is 0.280. The molecule has 1 aliphatic rings. The van der Waals surface area contributed by atoms with Gasteiger partial charge in [-0.1, -0.05) is 48.5 Å². The van der Waals surface area contributed by atoms with Gasteiger partial charge in [0.1, 0.15) is 12.6 Å². The van der Waals surface area contributed by atoms with Gasteiger partial charge in [-0.25, -0.2) is 4.79 Å². The van der Waals surface area contributed by atoms with Crippen molar-refractivity contribution in [3.63, 3.8) is 0 Å². The van der Waals surface area contributed by atoms with E-state index < -0.39 is 24.0 Å². The minimum atomic E-state index is -1.05. The second-order valence-electron chi connectivity index (χ2n) is 8.11. The molecule has 8 nitrogen and oxygen atoms in total. The van der Waals surface area contributed by atoms with Gasteiger partial charge in [0.05, 0.1) is 12.2 Å². The van der Waals surface area contributed by atoms with Crippen molar-refractivity contribution in [3.8, 4) is 11.1 Å². The highest BCUT2D eigenvalue weighted by Crippen LogP contribution is 2.44. The number of alkyl carbamates (subject to hydrolysis) is 1. The van der Waals surface area contributed by atoms with Crippen molar-refractivity contribution in [1.82, 2.24) is 15.0 Å². The molecule has 0 saturated carbocycles. The van der Waals surface area contributed by atoms with Crippen molar-refractivity contribution >= 4 is 29.5 Å². The maximum absolute atomic E-state index is 12.7. The minimum absolute atomic E-state index is 0.0485. The first-order chi connectivity index (χ1) is 16.4. The van der Waals surface area contributed by atoms with Crippen LogP contribution in [0, 0.1) is 6.92 Å². The number of carbonyl (C=O) groups is 3. The molecular weight excluding hydrogens is 454 g/mol. The van der Waals surface area contributed by atoms with Gasteiger partial charge in [0.25, 0.3) is 0 Å². The van der Waals surface area contributed by atoms with E-state index in [0.29, 0.717) is 0 Å². The molecule has 0 spiro atoms. The van der Waals surface area contributed by atoms with E-state index in [4.69, 9.17) is 9.84 Å². The largest absolute Gasteiger partial charge is 0.481 e. The normalized spacial score (nSPS) is 13.0. The summed E-state index contributed by atoms with van der Waals surface area (Å²) in [5, 5.41) is 14.3. The molecule has 4 rings (SSSR count). The van der Waals surface area contributed by atoms with E-state index in [1.165, 1.54) is 11.5 Å². The second kappa shape index (κ2) is 10.5.